The molecule has 0 spiro atoms. The molecule has 14 heavy (non-hydrogen) atoms. The third-order valence-corrected chi connectivity index (χ3v) is 3.11. The molecule has 0 aliphatic rings. The van der Waals surface area contributed by atoms with Crippen LogP contribution in [-0.4, -0.2) is 9.97 Å². The average molecular weight is 227 g/mol. The topological polar surface area (TPSA) is 64.9 Å². The standard InChI is InChI=1S/C8H9N3OS2/c1-5-2-12-8(10-5)14-4-6-3-13-7(9)11-6/h2-3H,4H2,1H3,(H2,9,11). The lowest BCUT2D eigenvalue weighted by atomic mass is 10.6. The van der Waals surface area contributed by atoms with Crippen LogP contribution in [0.5, 0.6) is 0 Å². The van der Waals surface area contributed by atoms with Crippen molar-refractivity contribution in [3.05, 3.63) is 23.0 Å². The Kier molecular flexibility index (Phi) is 2.74. The highest BCUT2D eigenvalue weighted by molar-refractivity contribution is 7.98. The SMILES string of the molecule is Cc1coc(SCc2csc(N)n2)n1. The summed E-state index contributed by atoms with van der Waals surface area (Å²) in [5.41, 5.74) is 7.37. The van der Waals surface area contributed by atoms with Gasteiger partial charge in [0.2, 0.25) is 0 Å². The maximum absolute atomic E-state index is 5.51. The molecular weight excluding hydrogens is 218 g/mol. The molecule has 0 saturated heterocycles. The number of thiazole rings is 1. The van der Waals surface area contributed by atoms with E-state index in [4.69, 9.17) is 10.2 Å². The van der Waals surface area contributed by atoms with E-state index in [-0.39, 0.29) is 0 Å². The number of nitrogen functional groups attached to an aromatic ring is 1. The first-order chi connectivity index (χ1) is 6.74. The summed E-state index contributed by atoms with van der Waals surface area (Å²) in [6.07, 6.45) is 1.64. The maximum Gasteiger partial charge on any atom is 0.256 e. The van der Waals surface area contributed by atoms with Gasteiger partial charge in [-0.05, 0) is 6.92 Å². The molecule has 0 aromatic carbocycles. The Morgan fingerprint density at radius 1 is 1.57 bits per heavy atom. The van der Waals surface area contributed by atoms with Gasteiger partial charge in [0.15, 0.2) is 5.13 Å². The number of aromatic nitrogens is 2. The summed E-state index contributed by atoms with van der Waals surface area (Å²) in [4.78, 5) is 8.31. The van der Waals surface area contributed by atoms with Gasteiger partial charge in [0.05, 0.1) is 11.4 Å². The fraction of sp³-hybridized carbons (Fsp3) is 0.250. The number of aryl methyl sites for hydroxylation is 1. The second kappa shape index (κ2) is 4.02. The van der Waals surface area contributed by atoms with Gasteiger partial charge in [-0.1, -0.05) is 11.8 Å². The average Bonchev–Trinajstić information content (AvgIpc) is 2.72. The van der Waals surface area contributed by atoms with Gasteiger partial charge >= 0.3 is 0 Å². The number of nitrogens with two attached hydrogens (primary N) is 1. The number of anilines is 1. The molecule has 2 N–H and O–H groups in total. The van der Waals surface area contributed by atoms with Crippen LogP contribution < -0.4 is 5.73 Å². The molecule has 0 bridgehead atoms. The van der Waals surface area contributed by atoms with Crippen LogP contribution in [0.25, 0.3) is 0 Å². The zero-order valence-electron chi connectivity index (χ0n) is 7.56. The predicted octanol–water partition coefficient (Wildman–Crippen LogP) is 2.31. The number of rotatable bonds is 3. The lowest BCUT2D eigenvalue weighted by Crippen LogP contribution is -1.84. The highest BCUT2D eigenvalue weighted by atomic mass is 32.2. The van der Waals surface area contributed by atoms with Crippen molar-refractivity contribution in [2.24, 2.45) is 0 Å². The van der Waals surface area contributed by atoms with E-state index in [2.05, 4.69) is 9.97 Å². The number of hydrogen-bond donors (Lipinski definition) is 1. The first-order valence-corrected chi connectivity index (χ1v) is 5.85. The van der Waals surface area contributed by atoms with Crippen LogP contribution in [0.15, 0.2) is 21.3 Å². The second-order valence-electron chi connectivity index (χ2n) is 2.72. The van der Waals surface area contributed by atoms with Crippen molar-refractivity contribution in [3.63, 3.8) is 0 Å². The zero-order valence-corrected chi connectivity index (χ0v) is 9.19. The minimum absolute atomic E-state index is 0.601. The molecule has 0 fully saturated rings. The van der Waals surface area contributed by atoms with Crippen molar-refractivity contribution >= 4 is 28.2 Å². The van der Waals surface area contributed by atoms with Crippen molar-refractivity contribution in [1.82, 2.24) is 9.97 Å². The van der Waals surface area contributed by atoms with E-state index in [9.17, 15) is 0 Å². The number of oxazole rings is 1. The van der Waals surface area contributed by atoms with E-state index >= 15 is 0 Å². The minimum atomic E-state index is 0.601. The maximum atomic E-state index is 5.51. The molecule has 2 heterocycles. The van der Waals surface area contributed by atoms with Gasteiger partial charge in [-0.25, -0.2) is 9.97 Å². The van der Waals surface area contributed by atoms with Crippen molar-refractivity contribution in [3.8, 4) is 0 Å². The Balaban J connectivity index is 1.94. The van der Waals surface area contributed by atoms with E-state index < -0.39 is 0 Å². The van der Waals surface area contributed by atoms with Gasteiger partial charge in [-0.2, -0.15) is 0 Å². The molecule has 74 valence electrons. The first kappa shape index (κ1) is 9.54. The molecule has 0 radical (unpaired) electrons. The van der Waals surface area contributed by atoms with Crippen LogP contribution in [0.3, 0.4) is 0 Å². The van der Waals surface area contributed by atoms with Crippen molar-refractivity contribution in [1.29, 1.82) is 0 Å². The van der Waals surface area contributed by atoms with E-state index in [0.717, 1.165) is 17.1 Å². The Hall–Kier alpha value is -1.01. The predicted molar refractivity (Wildman–Crippen MR) is 57.3 cm³/mol. The largest absolute Gasteiger partial charge is 0.440 e. The normalized spacial score (nSPS) is 10.6. The smallest absolute Gasteiger partial charge is 0.256 e. The van der Waals surface area contributed by atoms with E-state index in [0.29, 0.717) is 10.4 Å². The van der Waals surface area contributed by atoms with Gasteiger partial charge in [-0.3, -0.25) is 0 Å². The summed E-state index contributed by atoms with van der Waals surface area (Å²) in [5.74, 6) is 0.744. The first-order valence-electron chi connectivity index (χ1n) is 3.99. The van der Waals surface area contributed by atoms with Crippen LogP contribution >= 0.6 is 23.1 Å². The van der Waals surface area contributed by atoms with Gasteiger partial charge in [-0.15, -0.1) is 11.3 Å². The van der Waals surface area contributed by atoms with E-state index in [1.54, 1.807) is 6.26 Å². The molecule has 2 aromatic rings. The van der Waals surface area contributed by atoms with Crippen molar-refractivity contribution in [2.75, 3.05) is 5.73 Å². The van der Waals surface area contributed by atoms with Crippen LogP contribution in [0.2, 0.25) is 0 Å². The van der Waals surface area contributed by atoms with Gasteiger partial charge in [0, 0.05) is 11.1 Å². The van der Waals surface area contributed by atoms with Gasteiger partial charge < -0.3 is 10.2 Å². The third-order valence-electron chi connectivity index (χ3n) is 1.51. The second-order valence-corrected chi connectivity index (χ2v) is 4.54. The van der Waals surface area contributed by atoms with Crippen LogP contribution in [-0.2, 0) is 5.75 Å². The molecule has 2 rings (SSSR count). The van der Waals surface area contributed by atoms with Crippen LogP contribution in [0, 0.1) is 6.92 Å². The number of hydrogen-bond acceptors (Lipinski definition) is 6. The molecule has 0 unspecified atom stereocenters. The molecular formula is C8H9N3OS2. The lowest BCUT2D eigenvalue weighted by Gasteiger charge is -1.91. The highest BCUT2D eigenvalue weighted by Gasteiger charge is 2.04. The van der Waals surface area contributed by atoms with Gasteiger partial charge in [0.1, 0.15) is 6.26 Å². The van der Waals surface area contributed by atoms with Crippen molar-refractivity contribution in [2.45, 2.75) is 17.9 Å². The molecule has 6 heteroatoms. The number of nitrogens with zero attached hydrogens (tertiary/aromatic N) is 2. The van der Waals surface area contributed by atoms with E-state index in [1.165, 1.54) is 23.1 Å². The minimum Gasteiger partial charge on any atom is -0.440 e. The molecule has 0 saturated carbocycles. The Morgan fingerprint density at radius 2 is 2.43 bits per heavy atom. The Bertz CT molecular complexity index is 383. The van der Waals surface area contributed by atoms with Crippen LogP contribution in [0.4, 0.5) is 5.13 Å². The molecule has 0 aliphatic heterocycles. The summed E-state index contributed by atoms with van der Waals surface area (Å²) in [7, 11) is 0. The molecule has 0 amide bonds. The number of thioether (sulfide) groups is 1. The summed E-state index contributed by atoms with van der Waals surface area (Å²) in [5, 5.41) is 3.22. The summed E-state index contributed by atoms with van der Waals surface area (Å²) >= 11 is 2.97. The lowest BCUT2D eigenvalue weighted by molar-refractivity contribution is 0.454. The third kappa shape index (κ3) is 2.27. The fourth-order valence-corrected chi connectivity index (χ4v) is 2.34. The quantitative estimate of drug-likeness (QED) is 0.815. The highest BCUT2D eigenvalue weighted by Crippen LogP contribution is 2.23. The zero-order chi connectivity index (χ0) is 9.97. The Labute approximate surface area is 89.6 Å². The van der Waals surface area contributed by atoms with Crippen molar-refractivity contribution < 1.29 is 4.42 Å². The Morgan fingerprint density at radius 3 is 3.00 bits per heavy atom. The molecule has 2 aromatic heterocycles. The van der Waals surface area contributed by atoms with Gasteiger partial charge in [0.25, 0.3) is 5.22 Å². The summed E-state index contributed by atoms with van der Waals surface area (Å²) in [6, 6.07) is 0. The molecule has 4 nitrogen and oxygen atoms in total. The summed E-state index contributed by atoms with van der Waals surface area (Å²) < 4.78 is 5.19. The monoisotopic (exact) mass is 227 g/mol. The van der Waals surface area contributed by atoms with E-state index in [1.807, 2.05) is 12.3 Å². The molecule has 0 aliphatic carbocycles. The van der Waals surface area contributed by atoms with Crippen LogP contribution in [0.1, 0.15) is 11.4 Å². The molecule has 0 atom stereocenters. The summed E-state index contributed by atoms with van der Waals surface area (Å²) in [6.45, 7) is 1.90. The fourth-order valence-electron chi connectivity index (χ4n) is 0.923.